The van der Waals surface area contributed by atoms with E-state index in [0.717, 1.165) is 28.9 Å². The van der Waals surface area contributed by atoms with Gasteiger partial charge in [0, 0.05) is 23.8 Å². The first-order chi connectivity index (χ1) is 15.4. The average molecular weight is 436 g/mol. The molecule has 1 aliphatic rings. The lowest BCUT2D eigenvalue weighted by Crippen LogP contribution is -2.35. The molecule has 1 N–H and O–H groups in total. The highest BCUT2D eigenvalue weighted by atomic mass is 19.1. The minimum Gasteiger partial charge on any atom is -0.497 e. The van der Waals surface area contributed by atoms with Gasteiger partial charge in [0.05, 0.1) is 7.11 Å². The van der Waals surface area contributed by atoms with Crippen molar-refractivity contribution in [1.29, 1.82) is 0 Å². The molecule has 7 heteroatoms. The molecule has 3 aromatic rings. The molecule has 0 radical (unpaired) electrons. The fourth-order valence-corrected chi connectivity index (χ4v) is 3.93. The number of ether oxygens (including phenoxy) is 1. The zero-order valence-electron chi connectivity index (χ0n) is 17.7. The van der Waals surface area contributed by atoms with Crippen LogP contribution in [0, 0.1) is 11.6 Å². The van der Waals surface area contributed by atoms with Gasteiger partial charge in [0.25, 0.3) is 11.8 Å². The van der Waals surface area contributed by atoms with Gasteiger partial charge in [-0.2, -0.15) is 0 Å². The summed E-state index contributed by atoms with van der Waals surface area (Å²) in [5, 5.41) is 2.55. The quantitative estimate of drug-likeness (QED) is 0.641. The molecule has 1 atom stereocenters. The number of hydrogen-bond acceptors (Lipinski definition) is 3. The van der Waals surface area contributed by atoms with Crippen molar-refractivity contribution in [1.82, 2.24) is 5.32 Å². The third-order valence-corrected chi connectivity index (χ3v) is 5.56. The van der Waals surface area contributed by atoms with Gasteiger partial charge in [-0.25, -0.2) is 8.78 Å². The van der Waals surface area contributed by atoms with Crippen LogP contribution in [0.25, 0.3) is 0 Å². The van der Waals surface area contributed by atoms with E-state index in [4.69, 9.17) is 4.74 Å². The van der Waals surface area contributed by atoms with E-state index in [2.05, 4.69) is 5.32 Å². The largest absolute Gasteiger partial charge is 0.497 e. The Hall–Kier alpha value is -3.74. The lowest BCUT2D eigenvalue weighted by atomic mass is 10.1. The van der Waals surface area contributed by atoms with Crippen LogP contribution in [0.15, 0.2) is 60.7 Å². The van der Waals surface area contributed by atoms with Gasteiger partial charge >= 0.3 is 0 Å². The fourth-order valence-electron chi connectivity index (χ4n) is 3.93. The third kappa shape index (κ3) is 4.06. The van der Waals surface area contributed by atoms with Crippen LogP contribution in [0.2, 0.25) is 0 Å². The molecule has 32 heavy (non-hydrogen) atoms. The molecule has 4 rings (SSSR count). The van der Waals surface area contributed by atoms with Crippen LogP contribution in [0.5, 0.6) is 5.75 Å². The number of hydrogen-bond donors (Lipinski definition) is 1. The van der Waals surface area contributed by atoms with Crippen molar-refractivity contribution >= 4 is 17.5 Å². The van der Waals surface area contributed by atoms with E-state index < -0.39 is 23.1 Å². The summed E-state index contributed by atoms with van der Waals surface area (Å²) < 4.78 is 32.8. The lowest BCUT2D eigenvalue weighted by molar-refractivity contribution is 0.0940. The standard InChI is InChI=1S/C25H22F2N2O3/c1-15-12-18-7-6-16(14-28-24(30)23-20(26)4-3-5-21(23)27)13-22(18)29(15)25(31)17-8-10-19(32-2)11-9-17/h3-11,13,15H,12,14H2,1-2H3,(H,28,30). The number of carbonyl (C=O) groups excluding carboxylic acids is 2. The van der Waals surface area contributed by atoms with Gasteiger partial charge < -0.3 is 15.0 Å². The van der Waals surface area contributed by atoms with Crippen LogP contribution >= 0.6 is 0 Å². The molecule has 0 aromatic heterocycles. The molecular weight excluding hydrogens is 414 g/mol. The molecule has 1 aliphatic heterocycles. The Labute approximate surface area is 184 Å². The van der Waals surface area contributed by atoms with E-state index in [9.17, 15) is 18.4 Å². The van der Waals surface area contributed by atoms with Crippen LogP contribution < -0.4 is 15.0 Å². The summed E-state index contributed by atoms with van der Waals surface area (Å²) in [5.74, 6) is -2.13. The number of halogens is 2. The van der Waals surface area contributed by atoms with Crippen molar-refractivity contribution in [2.24, 2.45) is 0 Å². The summed E-state index contributed by atoms with van der Waals surface area (Å²) in [6.45, 7) is 2.04. The Kier molecular flexibility index (Phi) is 5.90. The van der Waals surface area contributed by atoms with Crippen LogP contribution in [0.3, 0.4) is 0 Å². The Morgan fingerprint density at radius 1 is 1.06 bits per heavy atom. The van der Waals surface area contributed by atoms with Crippen molar-refractivity contribution in [2.75, 3.05) is 12.0 Å². The first-order valence-electron chi connectivity index (χ1n) is 10.2. The fraction of sp³-hybridized carbons (Fsp3) is 0.200. The predicted octanol–water partition coefficient (Wildman–Crippen LogP) is 4.49. The number of methoxy groups -OCH3 is 1. The highest BCUT2D eigenvalue weighted by Crippen LogP contribution is 2.34. The van der Waals surface area contributed by atoms with E-state index in [0.29, 0.717) is 17.7 Å². The molecule has 0 fully saturated rings. The molecule has 2 amide bonds. The van der Waals surface area contributed by atoms with E-state index >= 15 is 0 Å². The highest BCUT2D eigenvalue weighted by Gasteiger charge is 2.31. The van der Waals surface area contributed by atoms with E-state index in [1.807, 2.05) is 25.1 Å². The van der Waals surface area contributed by atoms with Crippen LogP contribution in [0.4, 0.5) is 14.5 Å². The molecule has 164 valence electrons. The zero-order chi connectivity index (χ0) is 22.8. The number of benzene rings is 3. The smallest absolute Gasteiger partial charge is 0.258 e. The van der Waals surface area contributed by atoms with Crippen LogP contribution in [-0.2, 0) is 13.0 Å². The number of nitrogens with zero attached hydrogens (tertiary/aromatic N) is 1. The third-order valence-electron chi connectivity index (χ3n) is 5.56. The number of rotatable bonds is 5. The molecule has 0 saturated heterocycles. The zero-order valence-corrected chi connectivity index (χ0v) is 17.7. The maximum atomic E-state index is 13.8. The summed E-state index contributed by atoms with van der Waals surface area (Å²) in [6, 6.07) is 15.8. The molecule has 1 heterocycles. The second-order valence-electron chi connectivity index (χ2n) is 7.70. The van der Waals surface area contributed by atoms with Crippen LogP contribution in [0.1, 0.15) is 38.8 Å². The number of amides is 2. The van der Waals surface area contributed by atoms with Crippen LogP contribution in [-0.4, -0.2) is 25.0 Å². The van der Waals surface area contributed by atoms with Gasteiger partial charge in [-0.05, 0) is 66.9 Å². The predicted molar refractivity (Wildman–Crippen MR) is 117 cm³/mol. The molecule has 5 nitrogen and oxygen atoms in total. The Morgan fingerprint density at radius 3 is 2.41 bits per heavy atom. The summed E-state index contributed by atoms with van der Waals surface area (Å²) in [6.07, 6.45) is 0.713. The summed E-state index contributed by atoms with van der Waals surface area (Å²) in [7, 11) is 1.57. The van der Waals surface area contributed by atoms with Gasteiger partial charge in [0.2, 0.25) is 0 Å². The highest BCUT2D eigenvalue weighted by molar-refractivity contribution is 6.07. The summed E-state index contributed by atoms with van der Waals surface area (Å²) >= 11 is 0. The summed E-state index contributed by atoms with van der Waals surface area (Å²) in [5.41, 5.74) is 2.44. The summed E-state index contributed by atoms with van der Waals surface area (Å²) in [4.78, 5) is 27.2. The number of anilines is 1. The molecule has 0 bridgehead atoms. The SMILES string of the molecule is COc1ccc(C(=O)N2c3cc(CNC(=O)c4c(F)cccc4F)ccc3CC2C)cc1. The first kappa shape index (κ1) is 21.5. The Balaban J connectivity index is 1.54. The number of fused-ring (bicyclic) bond motifs is 1. The van der Waals surface area contributed by atoms with Crippen molar-refractivity contribution in [3.63, 3.8) is 0 Å². The van der Waals surface area contributed by atoms with Gasteiger partial charge in [-0.1, -0.05) is 18.2 Å². The molecule has 3 aromatic carbocycles. The van der Waals surface area contributed by atoms with Gasteiger partial charge in [0.15, 0.2) is 0 Å². The minimum atomic E-state index is -0.915. The van der Waals surface area contributed by atoms with Crippen molar-refractivity contribution in [3.8, 4) is 5.75 Å². The van der Waals surface area contributed by atoms with Gasteiger partial charge in [0.1, 0.15) is 22.9 Å². The topological polar surface area (TPSA) is 58.6 Å². The van der Waals surface area contributed by atoms with Crippen molar-refractivity contribution in [2.45, 2.75) is 25.9 Å². The maximum Gasteiger partial charge on any atom is 0.258 e. The second-order valence-corrected chi connectivity index (χ2v) is 7.70. The van der Waals surface area contributed by atoms with E-state index in [-0.39, 0.29) is 18.5 Å². The minimum absolute atomic E-state index is 0.0306. The first-order valence-corrected chi connectivity index (χ1v) is 10.2. The molecule has 0 spiro atoms. The Morgan fingerprint density at radius 2 is 1.75 bits per heavy atom. The average Bonchev–Trinajstić information content (AvgIpc) is 3.12. The van der Waals surface area contributed by atoms with Crippen molar-refractivity contribution < 1.29 is 23.1 Å². The monoisotopic (exact) mass is 436 g/mol. The van der Waals surface area contributed by atoms with E-state index in [1.165, 1.54) is 6.07 Å². The van der Waals surface area contributed by atoms with Gasteiger partial charge in [-0.3, -0.25) is 9.59 Å². The molecular formula is C25H22F2N2O3. The molecule has 0 aliphatic carbocycles. The van der Waals surface area contributed by atoms with Gasteiger partial charge in [-0.15, -0.1) is 0 Å². The maximum absolute atomic E-state index is 13.8. The lowest BCUT2D eigenvalue weighted by Gasteiger charge is -2.23. The van der Waals surface area contributed by atoms with E-state index in [1.54, 1.807) is 36.3 Å². The van der Waals surface area contributed by atoms with Crippen molar-refractivity contribution in [3.05, 3.63) is 94.6 Å². The normalized spacial score (nSPS) is 14.8. The Bertz CT molecular complexity index is 1160. The number of nitrogens with one attached hydrogen (secondary N) is 1. The molecule has 1 unspecified atom stereocenters. The second kappa shape index (κ2) is 8.78. The molecule has 0 saturated carbocycles. The number of carbonyl (C=O) groups is 2.